The molecule has 0 aliphatic rings. The van der Waals surface area contributed by atoms with Gasteiger partial charge in [0.15, 0.2) is 0 Å². The van der Waals surface area contributed by atoms with E-state index in [1.54, 1.807) is 13.2 Å². The number of alkyl halides is 1. The Morgan fingerprint density at radius 1 is 1.16 bits per heavy atom. The van der Waals surface area contributed by atoms with E-state index >= 15 is 0 Å². The maximum Gasteiger partial charge on any atom is 0.218 e. The van der Waals surface area contributed by atoms with Crippen LogP contribution in [-0.2, 0) is 12.4 Å². The lowest BCUT2D eigenvalue weighted by atomic mass is 10.1. The molecule has 0 saturated carbocycles. The number of nitrogens with zero attached hydrogens (tertiary/aromatic N) is 2. The summed E-state index contributed by atoms with van der Waals surface area (Å²) in [5.41, 5.74) is 2.29. The quantitative estimate of drug-likeness (QED) is 0.853. The van der Waals surface area contributed by atoms with E-state index in [1.807, 2.05) is 19.1 Å². The average Bonchev–Trinajstić information content (AvgIpc) is 2.45. The first-order valence-corrected chi connectivity index (χ1v) is 6.52. The predicted octanol–water partition coefficient (Wildman–Crippen LogP) is 3.14. The Balaban J connectivity index is 2.03. The second-order valence-corrected chi connectivity index (χ2v) is 4.41. The van der Waals surface area contributed by atoms with Crippen molar-refractivity contribution < 1.29 is 4.74 Å². The number of anilines is 1. The Kier molecular flexibility index (Phi) is 4.58. The Morgan fingerprint density at radius 2 is 1.84 bits per heavy atom. The van der Waals surface area contributed by atoms with Gasteiger partial charge in [0.2, 0.25) is 5.88 Å². The highest BCUT2D eigenvalue weighted by atomic mass is 35.5. The van der Waals surface area contributed by atoms with Crippen molar-refractivity contribution in [1.29, 1.82) is 0 Å². The monoisotopic (exact) mass is 277 g/mol. The van der Waals surface area contributed by atoms with Crippen molar-refractivity contribution in [2.45, 2.75) is 19.3 Å². The molecule has 1 N–H and O–H groups in total. The predicted molar refractivity (Wildman–Crippen MR) is 76.6 cm³/mol. The van der Waals surface area contributed by atoms with Gasteiger partial charge in [0.1, 0.15) is 11.6 Å². The molecule has 100 valence electrons. The van der Waals surface area contributed by atoms with Crippen molar-refractivity contribution in [3.63, 3.8) is 0 Å². The van der Waals surface area contributed by atoms with Crippen LogP contribution in [0, 0.1) is 6.92 Å². The zero-order chi connectivity index (χ0) is 13.7. The second-order valence-electron chi connectivity index (χ2n) is 4.15. The molecule has 0 aliphatic heterocycles. The van der Waals surface area contributed by atoms with Gasteiger partial charge in [-0.1, -0.05) is 24.3 Å². The van der Waals surface area contributed by atoms with Gasteiger partial charge >= 0.3 is 0 Å². The third kappa shape index (κ3) is 3.83. The lowest BCUT2D eigenvalue weighted by Gasteiger charge is -2.08. The molecule has 0 radical (unpaired) electrons. The summed E-state index contributed by atoms with van der Waals surface area (Å²) >= 11 is 5.76. The zero-order valence-corrected chi connectivity index (χ0v) is 11.7. The minimum Gasteiger partial charge on any atom is -0.481 e. The molecule has 0 aliphatic carbocycles. The SMILES string of the molecule is COc1cc(NCc2ccc(CCl)cc2)nc(C)n1. The van der Waals surface area contributed by atoms with Crippen LogP contribution in [0.1, 0.15) is 17.0 Å². The summed E-state index contributed by atoms with van der Waals surface area (Å²) in [6, 6.07) is 9.93. The summed E-state index contributed by atoms with van der Waals surface area (Å²) in [4.78, 5) is 8.45. The maximum atomic E-state index is 5.76. The van der Waals surface area contributed by atoms with Gasteiger partial charge < -0.3 is 10.1 Å². The number of hydrogen-bond acceptors (Lipinski definition) is 4. The fourth-order valence-electron chi connectivity index (χ4n) is 1.67. The van der Waals surface area contributed by atoms with Crippen LogP contribution in [0.4, 0.5) is 5.82 Å². The third-order valence-corrected chi connectivity index (χ3v) is 2.98. The normalized spacial score (nSPS) is 10.3. The summed E-state index contributed by atoms with van der Waals surface area (Å²) in [6.45, 7) is 2.53. The lowest BCUT2D eigenvalue weighted by molar-refractivity contribution is 0.396. The van der Waals surface area contributed by atoms with Gasteiger partial charge in [0, 0.05) is 18.5 Å². The van der Waals surface area contributed by atoms with E-state index in [1.165, 1.54) is 5.56 Å². The Hall–Kier alpha value is -1.81. The topological polar surface area (TPSA) is 47.0 Å². The van der Waals surface area contributed by atoms with Gasteiger partial charge in [0.25, 0.3) is 0 Å². The van der Waals surface area contributed by atoms with Crippen molar-refractivity contribution in [3.05, 3.63) is 47.3 Å². The molecule has 1 aromatic carbocycles. The molecule has 4 nitrogen and oxygen atoms in total. The molecule has 0 atom stereocenters. The molecule has 0 saturated heterocycles. The van der Waals surface area contributed by atoms with Crippen molar-refractivity contribution >= 4 is 17.4 Å². The van der Waals surface area contributed by atoms with Crippen LogP contribution in [0.15, 0.2) is 30.3 Å². The fourth-order valence-corrected chi connectivity index (χ4v) is 1.85. The maximum absolute atomic E-state index is 5.76. The first-order valence-electron chi connectivity index (χ1n) is 5.98. The van der Waals surface area contributed by atoms with Crippen LogP contribution in [0.2, 0.25) is 0 Å². The Bertz CT molecular complexity index is 543. The highest BCUT2D eigenvalue weighted by Crippen LogP contribution is 2.14. The minimum absolute atomic E-state index is 0.538. The molecule has 1 heterocycles. The number of benzene rings is 1. The number of hydrogen-bond donors (Lipinski definition) is 1. The van der Waals surface area contributed by atoms with Crippen molar-refractivity contribution in [2.75, 3.05) is 12.4 Å². The Morgan fingerprint density at radius 3 is 2.47 bits per heavy atom. The minimum atomic E-state index is 0.538. The molecule has 0 unspecified atom stereocenters. The average molecular weight is 278 g/mol. The van der Waals surface area contributed by atoms with Crippen LogP contribution in [-0.4, -0.2) is 17.1 Å². The molecule has 0 amide bonds. The number of halogens is 1. The molecule has 0 bridgehead atoms. The zero-order valence-electron chi connectivity index (χ0n) is 11.0. The van der Waals surface area contributed by atoms with E-state index in [-0.39, 0.29) is 0 Å². The highest BCUT2D eigenvalue weighted by molar-refractivity contribution is 6.17. The summed E-state index contributed by atoms with van der Waals surface area (Å²) in [6.07, 6.45) is 0. The van der Waals surface area contributed by atoms with E-state index < -0.39 is 0 Å². The van der Waals surface area contributed by atoms with Crippen LogP contribution in [0.3, 0.4) is 0 Å². The third-order valence-electron chi connectivity index (χ3n) is 2.67. The molecule has 2 rings (SSSR count). The van der Waals surface area contributed by atoms with Crippen molar-refractivity contribution in [1.82, 2.24) is 9.97 Å². The lowest BCUT2D eigenvalue weighted by Crippen LogP contribution is -2.04. The summed E-state index contributed by atoms with van der Waals surface area (Å²) < 4.78 is 5.11. The number of aromatic nitrogens is 2. The number of methoxy groups -OCH3 is 1. The molecule has 0 fully saturated rings. The largest absolute Gasteiger partial charge is 0.481 e. The van der Waals surface area contributed by atoms with Crippen LogP contribution >= 0.6 is 11.6 Å². The van der Waals surface area contributed by atoms with Gasteiger partial charge in [-0.2, -0.15) is 4.98 Å². The second kappa shape index (κ2) is 6.38. The van der Waals surface area contributed by atoms with Crippen molar-refractivity contribution in [3.8, 4) is 5.88 Å². The van der Waals surface area contributed by atoms with E-state index in [0.29, 0.717) is 24.1 Å². The van der Waals surface area contributed by atoms with Crippen LogP contribution < -0.4 is 10.1 Å². The molecule has 2 aromatic rings. The van der Waals surface area contributed by atoms with E-state index in [2.05, 4.69) is 27.4 Å². The number of rotatable bonds is 5. The molecule has 1 aromatic heterocycles. The molecular formula is C14H16ClN3O. The highest BCUT2D eigenvalue weighted by Gasteiger charge is 2.01. The molecule has 0 spiro atoms. The summed E-state index contributed by atoms with van der Waals surface area (Å²) in [7, 11) is 1.59. The number of ether oxygens (including phenoxy) is 1. The molecular weight excluding hydrogens is 262 g/mol. The summed E-state index contributed by atoms with van der Waals surface area (Å²) in [5, 5.41) is 3.25. The van der Waals surface area contributed by atoms with Crippen LogP contribution in [0.25, 0.3) is 0 Å². The number of aryl methyl sites for hydroxylation is 1. The number of nitrogens with one attached hydrogen (secondary N) is 1. The van der Waals surface area contributed by atoms with Gasteiger partial charge in [-0.25, -0.2) is 4.98 Å². The van der Waals surface area contributed by atoms with Crippen LogP contribution in [0.5, 0.6) is 5.88 Å². The van der Waals surface area contributed by atoms with Crippen molar-refractivity contribution in [2.24, 2.45) is 0 Å². The van der Waals surface area contributed by atoms with Gasteiger partial charge in [-0.15, -0.1) is 11.6 Å². The summed E-state index contributed by atoms with van der Waals surface area (Å²) in [5.74, 6) is 2.54. The smallest absolute Gasteiger partial charge is 0.218 e. The first-order chi connectivity index (χ1) is 9.21. The standard InChI is InChI=1S/C14H16ClN3O/c1-10-17-13(7-14(18-10)19-2)16-9-12-5-3-11(8-15)4-6-12/h3-7H,8-9H2,1-2H3,(H,16,17,18). The van der Waals surface area contributed by atoms with Gasteiger partial charge in [-0.05, 0) is 18.1 Å². The molecule has 5 heteroatoms. The Labute approximate surface area is 117 Å². The van der Waals surface area contributed by atoms with Gasteiger partial charge in [-0.3, -0.25) is 0 Å². The first kappa shape index (κ1) is 13.6. The van der Waals surface area contributed by atoms with E-state index in [0.717, 1.165) is 11.4 Å². The fraction of sp³-hybridized carbons (Fsp3) is 0.286. The molecule has 19 heavy (non-hydrogen) atoms. The van der Waals surface area contributed by atoms with Gasteiger partial charge in [0.05, 0.1) is 7.11 Å². The van der Waals surface area contributed by atoms with E-state index in [4.69, 9.17) is 16.3 Å². The van der Waals surface area contributed by atoms with E-state index in [9.17, 15) is 0 Å².